The number of likely N-dealkylation sites (tertiary alicyclic amines) is 1. The minimum Gasteiger partial charge on any atom is -0.444 e. The van der Waals surface area contributed by atoms with Crippen LogP contribution in [0.25, 0.3) is 11.5 Å². The number of aliphatic hydroxyl groups excluding tert-OH is 1. The minimum atomic E-state index is -0.569. The highest BCUT2D eigenvalue weighted by Gasteiger charge is 2.42. The normalized spacial score (nSPS) is 20.0. The highest BCUT2D eigenvalue weighted by Crippen LogP contribution is 2.29. The predicted molar refractivity (Wildman–Crippen MR) is 82.0 cm³/mol. The largest absolute Gasteiger partial charge is 0.444 e. The first-order valence-electron chi connectivity index (χ1n) is 7.57. The third-order valence-corrected chi connectivity index (χ3v) is 4.41. The van der Waals surface area contributed by atoms with Gasteiger partial charge in [0, 0.05) is 12.1 Å². The zero-order chi connectivity index (χ0) is 16.6. The molecule has 0 spiro atoms. The van der Waals surface area contributed by atoms with Crippen LogP contribution in [0.1, 0.15) is 26.0 Å². The number of oxazole rings is 1. The summed E-state index contributed by atoms with van der Waals surface area (Å²) in [7, 11) is 0. The van der Waals surface area contributed by atoms with Crippen molar-refractivity contribution in [2.24, 2.45) is 0 Å². The van der Waals surface area contributed by atoms with Gasteiger partial charge in [-0.2, -0.15) is 0 Å². The number of aliphatic hydroxyl groups is 1. The van der Waals surface area contributed by atoms with E-state index in [9.17, 15) is 14.3 Å². The summed E-state index contributed by atoms with van der Waals surface area (Å²) in [6.07, 6.45) is 1.62. The van der Waals surface area contributed by atoms with Crippen LogP contribution in [0.15, 0.2) is 34.9 Å². The topological polar surface area (TPSA) is 66.6 Å². The van der Waals surface area contributed by atoms with Crippen molar-refractivity contribution in [2.45, 2.75) is 38.3 Å². The molecule has 2 heterocycles. The van der Waals surface area contributed by atoms with Gasteiger partial charge in [-0.05, 0) is 44.5 Å². The molecule has 1 atom stereocenters. The van der Waals surface area contributed by atoms with Gasteiger partial charge in [-0.25, -0.2) is 9.37 Å². The van der Waals surface area contributed by atoms with Crippen molar-refractivity contribution < 1.29 is 18.7 Å². The lowest BCUT2D eigenvalue weighted by molar-refractivity contribution is -0.135. The van der Waals surface area contributed by atoms with Gasteiger partial charge in [-0.15, -0.1) is 0 Å². The van der Waals surface area contributed by atoms with Crippen LogP contribution in [0, 0.1) is 5.82 Å². The molecule has 1 aliphatic rings. The van der Waals surface area contributed by atoms with E-state index in [0.29, 0.717) is 30.1 Å². The van der Waals surface area contributed by atoms with E-state index in [1.54, 1.807) is 17.0 Å². The lowest BCUT2D eigenvalue weighted by Gasteiger charge is -2.33. The molecule has 6 heteroatoms. The molecule has 1 unspecified atom stereocenters. The Morgan fingerprint density at radius 1 is 1.43 bits per heavy atom. The summed E-state index contributed by atoms with van der Waals surface area (Å²) in [5, 5.41) is 9.96. The van der Waals surface area contributed by atoms with Crippen LogP contribution < -0.4 is 0 Å². The molecule has 0 bridgehead atoms. The van der Waals surface area contributed by atoms with E-state index in [-0.39, 0.29) is 18.1 Å². The number of benzene rings is 1. The molecule has 0 aliphatic carbocycles. The van der Waals surface area contributed by atoms with Gasteiger partial charge in [0.2, 0.25) is 11.8 Å². The predicted octanol–water partition coefficient (Wildman–Crippen LogP) is 2.40. The van der Waals surface area contributed by atoms with Crippen molar-refractivity contribution in [3.63, 3.8) is 0 Å². The smallest absolute Gasteiger partial charge is 0.229 e. The first-order chi connectivity index (χ1) is 10.9. The standard InChI is InChI=1S/C17H19FN2O3/c1-17(2)14(21)7-8-20(17)15(22)9-13-10-23-16(19-13)11-3-5-12(18)6-4-11/h3-6,10,14,21H,7-9H2,1-2H3. The minimum absolute atomic E-state index is 0.0921. The summed E-state index contributed by atoms with van der Waals surface area (Å²) >= 11 is 0. The monoisotopic (exact) mass is 318 g/mol. The molecule has 0 saturated carbocycles. The third kappa shape index (κ3) is 2.99. The van der Waals surface area contributed by atoms with Crippen molar-refractivity contribution >= 4 is 5.91 Å². The zero-order valence-electron chi connectivity index (χ0n) is 13.1. The number of hydrogen-bond acceptors (Lipinski definition) is 4. The molecule has 1 N–H and O–H groups in total. The summed E-state index contributed by atoms with van der Waals surface area (Å²) in [6, 6.07) is 5.82. The van der Waals surface area contributed by atoms with Crippen LogP contribution in [0.4, 0.5) is 4.39 Å². The summed E-state index contributed by atoms with van der Waals surface area (Å²) in [4.78, 5) is 18.4. The lowest BCUT2D eigenvalue weighted by Crippen LogP contribution is -2.48. The quantitative estimate of drug-likeness (QED) is 0.943. The molecule has 2 aromatic rings. The van der Waals surface area contributed by atoms with E-state index in [1.807, 2.05) is 13.8 Å². The molecule has 23 heavy (non-hydrogen) atoms. The van der Waals surface area contributed by atoms with Crippen molar-refractivity contribution in [3.05, 3.63) is 42.0 Å². The highest BCUT2D eigenvalue weighted by atomic mass is 19.1. The van der Waals surface area contributed by atoms with Crippen molar-refractivity contribution in [1.82, 2.24) is 9.88 Å². The van der Waals surface area contributed by atoms with Crippen LogP contribution in [0.5, 0.6) is 0 Å². The highest BCUT2D eigenvalue weighted by molar-refractivity contribution is 5.79. The first kappa shape index (κ1) is 15.7. The molecule has 1 aromatic carbocycles. The van der Waals surface area contributed by atoms with Gasteiger partial charge in [0.05, 0.1) is 23.8 Å². The van der Waals surface area contributed by atoms with Gasteiger partial charge in [0.1, 0.15) is 12.1 Å². The number of carbonyl (C=O) groups is 1. The van der Waals surface area contributed by atoms with Crippen LogP contribution in [-0.2, 0) is 11.2 Å². The Hall–Kier alpha value is -2.21. The first-order valence-corrected chi connectivity index (χ1v) is 7.57. The third-order valence-electron chi connectivity index (χ3n) is 4.41. The molecular weight excluding hydrogens is 299 g/mol. The van der Waals surface area contributed by atoms with E-state index in [2.05, 4.69) is 4.98 Å². The molecule has 5 nitrogen and oxygen atoms in total. The van der Waals surface area contributed by atoms with E-state index in [0.717, 1.165) is 0 Å². The Kier molecular flexibility index (Phi) is 3.93. The summed E-state index contributed by atoms with van der Waals surface area (Å²) in [6.45, 7) is 4.25. The number of amides is 1. The Balaban J connectivity index is 1.72. The SMILES string of the molecule is CC1(C)C(O)CCN1C(=O)Cc1coc(-c2ccc(F)cc2)n1. The van der Waals surface area contributed by atoms with Crippen molar-refractivity contribution in [3.8, 4) is 11.5 Å². The second-order valence-electron chi connectivity index (χ2n) is 6.33. The number of hydrogen-bond donors (Lipinski definition) is 1. The van der Waals surface area contributed by atoms with Crippen LogP contribution in [0.3, 0.4) is 0 Å². The Bertz CT molecular complexity index is 709. The molecule has 122 valence electrons. The number of rotatable bonds is 3. The molecule has 1 amide bonds. The molecule has 1 aliphatic heterocycles. The van der Waals surface area contributed by atoms with Crippen molar-refractivity contribution in [1.29, 1.82) is 0 Å². The average Bonchev–Trinajstić information content (AvgIpc) is 3.05. The van der Waals surface area contributed by atoms with E-state index in [1.165, 1.54) is 18.4 Å². The van der Waals surface area contributed by atoms with Crippen molar-refractivity contribution in [2.75, 3.05) is 6.54 Å². The van der Waals surface area contributed by atoms with Gasteiger partial charge in [0.15, 0.2) is 0 Å². The zero-order valence-corrected chi connectivity index (χ0v) is 13.1. The van der Waals surface area contributed by atoms with E-state index < -0.39 is 11.6 Å². The Labute approximate surface area is 133 Å². The maximum absolute atomic E-state index is 12.9. The van der Waals surface area contributed by atoms with Gasteiger partial charge in [0.25, 0.3) is 0 Å². The maximum atomic E-state index is 12.9. The van der Waals surface area contributed by atoms with Gasteiger partial charge < -0.3 is 14.4 Å². The number of nitrogens with zero attached hydrogens (tertiary/aromatic N) is 2. The van der Waals surface area contributed by atoms with Gasteiger partial charge in [-0.3, -0.25) is 4.79 Å². The summed E-state index contributed by atoms with van der Waals surface area (Å²) in [5.41, 5.74) is 0.606. The van der Waals surface area contributed by atoms with E-state index >= 15 is 0 Å². The molecule has 0 radical (unpaired) electrons. The fourth-order valence-electron chi connectivity index (χ4n) is 2.88. The lowest BCUT2D eigenvalue weighted by atomic mass is 9.98. The Morgan fingerprint density at radius 2 is 2.13 bits per heavy atom. The average molecular weight is 318 g/mol. The van der Waals surface area contributed by atoms with Crippen LogP contribution in [-0.4, -0.2) is 39.1 Å². The number of carbonyl (C=O) groups excluding carboxylic acids is 1. The molecule has 1 saturated heterocycles. The fourth-order valence-corrected chi connectivity index (χ4v) is 2.88. The van der Waals surface area contributed by atoms with Gasteiger partial charge >= 0.3 is 0 Å². The fraction of sp³-hybridized carbons (Fsp3) is 0.412. The molecule has 1 aromatic heterocycles. The van der Waals surface area contributed by atoms with E-state index in [4.69, 9.17) is 4.42 Å². The maximum Gasteiger partial charge on any atom is 0.229 e. The Morgan fingerprint density at radius 3 is 2.74 bits per heavy atom. The molecular formula is C17H19FN2O3. The second-order valence-corrected chi connectivity index (χ2v) is 6.33. The van der Waals surface area contributed by atoms with Crippen LogP contribution >= 0.6 is 0 Å². The number of aromatic nitrogens is 1. The molecule has 3 rings (SSSR count). The molecule has 1 fully saturated rings. The summed E-state index contributed by atoms with van der Waals surface area (Å²) < 4.78 is 18.3. The van der Waals surface area contributed by atoms with Gasteiger partial charge in [-0.1, -0.05) is 0 Å². The second kappa shape index (κ2) is 5.77. The number of halogens is 1. The van der Waals surface area contributed by atoms with Crippen LogP contribution in [0.2, 0.25) is 0 Å². The summed E-state index contributed by atoms with van der Waals surface area (Å²) in [5.74, 6) is -0.0652.